The summed E-state index contributed by atoms with van der Waals surface area (Å²) in [4.78, 5) is 5.41. The predicted octanol–water partition coefficient (Wildman–Crippen LogP) is 5.83. The van der Waals surface area contributed by atoms with Gasteiger partial charge in [-0.2, -0.15) is 4.99 Å². The van der Waals surface area contributed by atoms with Crippen molar-refractivity contribution in [2.24, 2.45) is 4.99 Å². The fraction of sp³-hybridized carbons (Fsp3) is 0.955. The van der Waals surface area contributed by atoms with Crippen molar-refractivity contribution in [3.63, 3.8) is 0 Å². The van der Waals surface area contributed by atoms with Crippen LogP contribution in [-0.2, 0) is 0 Å². The van der Waals surface area contributed by atoms with Crippen LogP contribution in [0.2, 0.25) is 0 Å². The Balaban J connectivity index is 7.20. The van der Waals surface area contributed by atoms with Crippen molar-refractivity contribution in [3.8, 4) is 0 Å². The van der Waals surface area contributed by atoms with Crippen LogP contribution in [0.4, 0.5) is 0 Å². The van der Waals surface area contributed by atoms with Gasteiger partial charge in [-0.15, -0.1) is 0 Å². The molecule has 0 fully saturated rings. The van der Waals surface area contributed by atoms with Gasteiger partial charge < -0.3 is 0 Å². The number of hydrogen-bond acceptors (Lipinski definition) is 1. The van der Waals surface area contributed by atoms with Crippen molar-refractivity contribution in [3.05, 3.63) is 0 Å². The molecule has 0 heterocycles. The molecule has 0 aromatic carbocycles. The summed E-state index contributed by atoms with van der Waals surface area (Å²) < 4.78 is 1.93. The summed E-state index contributed by atoms with van der Waals surface area (Å²) in [6.07, 6.45) is 0. The number of nitrogens with zero attached hydrogens (tertiary/aromatic N) is 3. The molecule has 0 saturated carbocycles. The monoisotopic (exact) mass is 355 g/mol. The number of guanidine groups is 1. The molecule has 0 N–H and O–H groups in total. The standard InChI is InChI=1S/C22H49N3/c1-15(2)23-22(24(16(3)4,17(5)6)18(7)8)25(19(9)10,20(11)12)21(13)14/h15-21H,1-14H3/q+2. The van der Waals surface area contributed by atoms with E-state index in [1.165, 1.54) is 5.96 Å². The van der Waals surface area contributed by atoms with Crippen LogP contribution in [0, 0.1) is 0 Å². The van der Waals surface area contributed by atoms with Gasteiger partial charge in [-0.1, -0.05) is 0 Å². The Morgan fingerprint density at radius 1 is 0.440 bits per heavy atom. The third-order valence-corrected chi connectivity index (χ3v) is 6.19. The molecule has 0 amide bonds. The first-order chi connectivity index (χ1) is 11.2. The lowest BCUT2D eigenvalue weighted by molar-refractivity contribution is -1.02. The van der Waals surface area contributed by atoms with Crippen LogP contribution in [0.1, 0.15) is 96.9 Å². The summed E-state index contributed by atoms with van der Waals surface area (Å²) in [6, 6.07) is 3.25. The normalized spacial score (nSPS) is 14.1. The first kappa shape index (κ1) is 24.6. The fourth-order valence-electron chi connectivity index (χ4n) is 5.69. The Morgan fingerprint density at radius 2 is 0.640 bits per heavy atom. The van der Waals surface area contributed by atoms with Gasteiger partial charge in [-0.3, -0.25) is 0 Å². The minimum absolute atomic E-state index is 0.303. The van der Waals surface area contributed by atoms with E-state index in [1.54, 1.807) is 0 Å². The molecule has 0 aliphatic rings. The third-order valence-electron chi connectivity index (χ3n) is 6.19. The summed E-state index contributed by atoms with van der Waals surface area (Å²) in [6.45, 7) is 33.0. The molecule has 0 aromatic heterocycles. The zero-order valence-electron chi connectivity index (χ0n) is 19.9. The zero-order chi connectivity index (χ0) is 20.3. The molecule has 3 heteroatoms. The van der Waals surface area contributed by atoms with Gasteiger partial charge in [-0.25, -0.2) is 8.97 Å². The summed E-state index contributed by atoms with van der Waals surface area (Å²) in [5.41, 5.74) is 0. The van der Waals surface area contributed by atoms with E-state index in [4.69, 9.17) is 4.99 Å². The fourth-order valence-corrected chi connectivity index (χ4v) is 5.69. The van der Waals surface area contributed by atoms with Crippen molar-refractivity contribution in [1.82, 2.24) is 0 Å². The van der Waals surface area contributed by atoms with Crippen LogP contribution in [0.3, 0.4) is 0 Å². The maximum absolute atomic E-state index is 5.41. The van der Waals surface area contributed by atoms with Gasteiger partial charge in [-0.05, 0) is 96.9 Å². The van der Waals surface area contributed by atoms with Gasteiger partial charge in [0.2, 0.25) is 0 Å². The summed E-state index contributed by atoms with van der Waals surface area (Å²) in [5.74, 6) is 1.38. The molecular weight excluding hydrogens is 306 g/mol. The van der Waals surface area contributed by atoms with E-state index in [0.29, 0.717) is 42.3 Å². The van der Waals surface area contributed by atoms with Crippen molar-refractivity contribution >= 4 is 5.96 Å². The highest BCUT2D eigenvalue weighted by molar-refractivity contribution is 5.68. The Bertz CT molecular complexity index is 351. The SMILES string of the molecule is CC(C)N=C([N+](C(C)C)(C(C)C)C(C)C)[N+](C(C)C)(C(C)C)C(C)C. The van der Waals surface area contributed by atoms with Gasteiger partial charge in [0, 0.05) is 0 Å². The lowest BCUT2D eigenvalue weighted by atomic mass is 10.00. The maximum atomic E-state index is 5.41. The van der Waals surface area contributed by atoms with E-state index >= 15 is 0 Å². The smallest absolute Gasteiger partial charge is 0.221 e. The molecule has 0 aromatic rings. The topological polar surface area (TPSA) is 12.4 Å². The molecule has 0 aliphatic heterocycles. The molecule has 0 saturated heterocycles. The van der Waals surface area contributed by atoms with E-state index in [1.807, 2.05) is 0 Å². The van der Waals surface area contributed by atoms with Crippen LogP contribution < -0.4 is 0 Å². The second-order valence-electron chi connectivity index (χ2n) is 9.75. The highest BCUT2D eigenvalue weighted by Crippen LogP contribution is 2.36. The molecule has 25 heavy (non-hydrogen) atoms. The highest BCUT2D eigenvalue weighted by atomic mass is 15.6. The molecule has 0 atom stereocenters. The van der Waals surface area contributed by atoms with Crippen LogP contribution >= 0.6 is 0 Å². The first-order valence-corrected chi connectivity index (χ1v) is 10.6. The summed E-state index contributed by atoms with van der Waals surface area (Å²) >= 11 is 0. The Morgan fingerprint density at radius 3 is 0.760 bits per heavy atom. The van der Waals surface area contributed by atoms with Gasteiger partial charge in [0.05, 0.1) is 42.3 Å². The Hall–Kier alpha value is -0.410. The first-order valence-electron chi connectivity index (χ1n) is 10.6. The Labute approximate surface area is 159 Å². The van der Waals surface area contributed by atoms with Crippen LogP contribution in [0.5, 0.6) is 0 Å². The quantitative estimate of drug-likeness (QED) is 0.309. The van der Waals surface area contributed by atoms with E-state index in [9.17, 15) is 0 Å². The largest absolute Gasteiger partial charge is 0.396 e. The number of rotatable bonds is 7. The summed E-state index contributed by atoms with van der Waals surface area (Å²) in [5, 5.41) is 0. The minimum atomic E-state index is 0.303. The molecule has 0 aliphatic carbocycles. The second-order valence-corrected chi connectivity index (χ2v) is 9.75. The van der Waals surface area contributed by atoms with Crippen LogP contribution in [-0.4, -0.2) is 57.2 Å². The number of aliphatic imine (C=N–C) groups is 1. The molecule has 0 radical (unpaired) electrons. The molecule has 0 spiro atoms. The van der Waals surface area contributed by atoms with Crippen molar-refractivity contribution in [2.75, 3.05) is 0 Å². The van der Waals surface area contributed by atoms with E-state index in [0.717, 1.165) is 8.97 Å². The van der Waals surface area contributed by atoms with Crippen molar-refractivity contribution in [2.45, 2.75) is 139 Å². The maximum Gasteiger partial charge on any atom is 0.396 e. The summed E-state index contributed by atoms with van der Waals surface area (Å²) in [7, 11) is 0. The molecule has 0 unspecified atom stereocenters. The van der Waals surface area contributed by atoms with Gasteiger partial charge in [0.25, 0.3) is 0 Å². The van der Waals surface area contributed by atoms with Gasteiger partial charge >= 0.3 is 5.96 Å². The average molecular weight is 356 g/mol. The van der Waals surface area contributed by atoms with Crippen molar-refractivity contribution < 1.29 is 8.97 Å². The Kier molecular flexibility index (Phi) is 8.84. The average Bonchev–Trinajstić information content (AvgIpc) is 2.35. The molecular formula is C22H49N3+2. The van der Waals surface area contributed by atoms with E-state index in [-0.39, 0.29) is 0 Å². The van der Waals surface area contributed by atoms with E-state index < -0.39 is 0 Å². The lowest BCUT2D eigenvalue weighted by Crippen LogP contribution is -2.79. The van der Waals surface area contributed by atoms with Gasteiger partial charge in [0.1, 0.15) is 0 Å². The van der Waals surface area contributed by atoms with Crippen molar-refractivity contribution in [1.29, 1.82) is 0 Å². The minimum Gasteiger partial charge on any atom is -0.221 e. The third kappa shape index (κ3) is 4.13. The zero-order valence-corrected chi connectivity index (χ0v) is 19.9. The molecule has 0 bridgehead atoms. The lowest BCUT2D eigenvalue weighted by Gasteiger charge is -2.56. The highest BCUT2D eigenvalue weighted by Gasteiger charge is 2.58. The number of hydrogen-bond donors (Lipinski definition) is 0. The predicted molar refractivity (Wildman–Crippen MR) is 114 cm³/mol. The van der Waals surface area contributed by atoms with Crippen LogP contribution in [0.25, 0.3) is 0 Å². The molecule has 3 nitrogen and oxygen atoms in total. The van der Waals surface area contributed by atoms with E-state index in [2.05, 4.69) is 96.9 Å². The van der Waals surface area contributed by atoms with Crippen LogP contribution in [0.15, 0.2) is 4.99 Å². The second kappa shape index (κ2) is 8.99. The number of quaternary nitrogens is 2. The van der Waals surface area contributed by atoms with Gasteiger partial charge in [0.15, 0.2) is 0 Å². The molecule has 0 rings (SSSR count). The molecule has 150 valence electrons.